The summed E-state index contributed by atoms with van der Waals surface area (Å²) in [5.41, 5.74) is 3.75. The third-order valence-electron chi connectivity index (χ3n) is 6.18. The number of carbonyl (C=O) groups excluding carboxylic acids is 1. The highest BCUT2D eigenvalue weighted by Crippen LogP contribution is 2.32. The van der Waals surface area contributed by atoms with Gasteiger partial charge in [0.15, 0.2) is 0 Å². The Kier molecular flexibility index (Phi) is 4.96. The molecule has 6 heteroatoms. The lowest BCUT2D eigenvalue weighted by Gasteiger charge is -2.28. The third-order valence-corrected chi connectivity index (χ3v) is 7.37. The van der Waals surface area contributed by atoms with Crippen molar-refractivity contribution in [1.82, 2.24) is 14.9 Å². The molecule has 1 aliphatic carbocycles. The van der Waals surface area contributed by atoms with Gasteiger partial charge in [-0.2, -0.15) is 0 Å². The first kappa shape index (κ1) is 18.6. The predicted molar refractivity (Wildman–Crippen MR) is 115 cm³/mol. The molecule has 3 aromatic rings. The number of nitrogens with zero attached hydrogens (tertiary/aromatic N) is 2. The van der Waals surface area contributed by atoms with Gasteiger partial charge in [-0.05, 0) is 48.8 Å². The van der Waals surface area contributed by atoms with Crippen molar-refractivity contribution >= 4 is 27.5 Å². The minimum absolute atomic E-state index is 0.0382. The van der Waals surface area contributed by atoms with Gasteiger partial charge in [-0.3, -0.25) is 9.59 Å². The van der Waals surface area contributed by atoms with E-state index in [4.69, 9.17) is 4.98 Å². The average Bonchev–Trinajstić information content (AvgIpc) is 2.93. The van der Waals surface area contributed by atoms with Gasteiger partial charge < -0.3 is 9.88 Å². The minimum Gasteiger partial charge on any atom is -0.338 e. The number of H-pyrrole nitrogens is 1. The van der Waals surface area contributed by atoms with Gasteiger partial charge in [-0.25, -0.2) is 4.98 Å². The number of carbonyl (C=O) groups is 1. The molecule has 0 saturated carbocycles. The zero-order valence-electron chi connectivity index (χ0n) is 16.5. The van der Waals surface area contributed by atoms with Crippen LogP contribution in [0.1, 0.15) is 53.1 Å². The summed E-state index contributed by atoms with van der Waals surface area (Å²) >= 11 is 1.67. The van der Waals surface area contributed by atoms with Crippen molar-refractivity contribution in [3.8, 4) is 0 Å². The Labute approximate surface area is 173 Å². The number of benzene rings is 1. The SMILES string of the molecule is O=C(CCc1nc2sc3c(c2c(=O)[nH]1)CCCCC3)N1CCc2ccccc2C1. The van der Waals surface area contributed by atoms with Crippen LogP contribution in [0.25, 0.3) is 10.2 Å². The molecule has 0 saturated heterocycles. The van der Waals surface area contributed by atoms with Crippen LogP contribution in [0, 0.1) is 0 Å². The minimum atomic E-state index is -0.0382. The van der Waals surface area contributed by atoms with Gasteiger partial charge in [-0.15, -0.1) is 11.3 Å². The summed E-state index contributed by atoms with van der Waals surface area (Å²) in [7, 11) is 0. The summed E-state index contributed by atoms with van der Waals surface area (Å²) in [6.07, 6.45) is 7.37. The van der Waals surface area contributed by atoms with Gasteiger partial charge in [-0.1, -0.05) is 30.7 Å². The van der Waals surface area contributed by atoms with Gasteiger partial charge in [0.1, 0.15) is 10.7 Å². The maximum Gasteiger partial charge on any atom is 0.259 e. The molecule has 0 bridgehead atoms. The van der Waals surface area contributed by atoms with E-state index in [1.54, 1.807) is 11.3 Å². The number of aromatic amines is 1. The molecule has 3 heterocycles. The quantitative estimate of drug-likeness (QED) is 0.672. The normalized spacial score (nSPS) is 16.3. The summed E-state index contributed by atoms with van der Waals surface area (Å²) in [6.45, 7) is 1.44. The van der Waals surface area contributed by atoms with Gasteiger partial charge in [0, 0.05) is 30.8 Å². The Balaban J connectivity index is 1.31. The smallest absolute Gasteiger partial charge is 0.259 e. The molecule has 0 atom stereocenters. The molecule has 1 aliphatic heterocycles. The number of fused-ring (bicyclic) bond motifs is 4. The highest BCUT2D eigenvalue weighted by atomic mass is 32.1. The molecule has 150 valence electrons. The van der Waals surface area contributed by atoms with Crippen LogP contribution in [-0.4, -0.2) is 27.3 Å². The number of nitrogens with one attached hydrogen (secondary N) is 1. The zero-order chi connectivity index (χ0) is 19.8. The molecule has 5 rings (SSSR count). The Morgan fingerprint density at radius 1 is 1.10 bits per heavy atom. The van der Waals surface area contributed by atoms with Crippen LogP contribution in [0.15, 0.2) is 29.1 Å². The molecule has 1 aromatic carbocycles. The fourth-order valence-corrected chi connectivity index (χ4v) is 5.88. The van der Waals surface area contributed by atoms with Crippen molar-refractivity contribution in [2.75, 3.05) is 6.54 Å². The van der Waals surface area contributed by atoms with Crippen LogP contribution in [0.2, 0.25) is 0 Å². The molecule has 29 heavy (non-hydrogen) atoms. The molecular weight excluding hydrogens is 382 g/mol. The number of amides is 1. The summed E-state index contributed by atoms with van der Waals surface area (Å²) < 4.78 is 0. The maximum absolute atomic E-state index is 12.7. The van der Waals surface area contributed by atoms with E-state index in [-0.39, 0.29) is 11.5 Å². The van der Waals surface area contributed by atoms with Crippen LogP contribution < -0.4 is 5.56 Å². The van der Waals surface area contributed by atoms with Crippen LogP contribution in [0.4, 0.5) is 0 Å². The molecule has 1 amide bonds. The largest absolute Gasteiger partial charge is 0.338 e. The van der Waals surface area contributed by atoms with Gasteiger partial charge >= 0.3 is 0 Å². The van der Waals surface area contributed by atoms with Gasteiger partial charge in [0.2, 0.25) is 5.91 Å². The number of thiophene rings is 1. The summed E-state index contributed by atoms with van der Waals surface area (Å²) in [6, 6.07) is 8.32. The molecule has 0 fully saturated rings. The fourth-order valence-electron chi connectivity index (χ4n) is 4.60. The second-order valence-electron chi connectivity index (χ2n) is 8.09. The maximum atomic E-state index is 12.7. The molecular formula is C23H25N3O2S. The summed E-state index contributed by atoms with van der Waals surface area (Å²) in [4.78, 5) is 37.2. The van der Waals surface area contributed by atoms with E-state index >= 15 is 0 Å². The standard InChI is InChI=1S/C23H25N3O2S/c27-20(26-13-12-15-6-4-5-7-16(15)14-26)11-10-19-24-22(28)21-17-8-2-1-3-9-18(17)29-23(21)25-19/h4-7H,1-3,8-14H2,(H,24,25,28). The average molecular weight is 408 g/mol. The van der Waals surface area contributed by atoms with E-state index < -0.39 is 0 Å². The van der Waals surface area contributed by atoms with Gasteiger partial charge in [0.05, 0.1) is 5.39 Å². The number of rotatable bonds is 3. The van der Waals surface area contributed by atoms with Crippen molar-refractivity contribution in [2.45, 2.75) is 57.9 Å². The lowest BCUT2D eigenvalue weighted by molar-refractivity contribution is -0.132. The number of hydrogen-bond acceptors (Lipinski definition) is 4. The lowest BCUT2D eigenvalue weighted by atomic mass is 9.99. The molecule has 0 radical (unpaired) electrons. The van der Waals surface area contributed by atoms with Crippen molar-refractivity contribution < 1.29 is 4.79 Å². The van der Waals surface area contributed by atoms with Crippen LogP contribution in [0.5, 0.6) is 0 Å². The van der Waals surface area contributed by atoms with Crippen molar-refractivity contribution in [3.05, 3.63) is 62.0 Å². The summed E-state index contributed by atoms with van der Waals surface area (Å²) in [5, 5.41) is 0.787. The van der Waals surface area contributed by atoms with Crippen molar-refractivity contribution in [3.63, 3.8) is 0 Å². The molecule has 5 nitrogen and oxygen atoms in total. The van der Waals surface area contributed by atoms with Crippen LogP contribution in [-0.2, 0) is 37.0 Å². The second kappa shape index (κ2) is 7.75. The molecule has 2 aliphatic rings. The second-order valence-corrected chi connectivity index (χ2v) is 9.17. The summed E-state index contributed by atoms with van der Waals surface area (Å²) in [5.74, 6) is 0.758. The number of hydrogen-bond donors (Lipinski definition) is 1. The van der Waals surface area contributed by atoms with E-state index in [9.17, 15) is 9.59 Å². The predicted octanol–water partition coefficient (Wildman–Crippen LogP) is 3.77. The molecule has 0 spiro atoms. The highest BCUT2D eigenvalue weighted by molar-refractivity contribution is 7.18. The Morgan fingerprint density at radius 3 is 2.83 bits per heavy atom. The topological polar surface area (TPSA) is 66.1 Å². The zero-order valence-corrected chi connectivity index (χ0v) is 17.3. The monoisotopic (exact) mass is 407 g/mol. The van der Waals surface area contributed by atoms with E-state index in [1.165, 1.54) is 34.4 Å². The first-order chi connectivity index (χ1) is 14.2. The van der Waals surface area contributed by atoms with Crippen LogP contribution in [0.3, 0.4) is 0 Å². The van der Waals surface area contributed by atoms with E-state index in [0.29, 0.717) is 25.2 Å². The van der Waals surface area contributed by atoms with E-state index in [2.05, 4.69) is 23.2 Å². The van der Waals surface area contributed by atoms with E-state index in [0.717, 1.165) is 42.4 Å². The Morgan fingerprint density at radius 2 is 1.93 bits per heavy atom. The van der Waals surface area contributed by atoms with Crippen molar-refractivity contribution in [1.29, 1.82) is 0 Å². The van der Waals surface area contributed by atoms with E-state index in [1.807, 2.05) is 11.0 Å². The number of aromatic nitrogens is 2. The fraction of sp³-hybridized carbons (Fsp3) is 0.435. The molecule has 2 aromatic heterocycles. The highest BCUT2D eigenvalue weighted by Gasteiger charge is 2.22. The first-order valence-electron chi connectivity index (χ1n) is 10.6. The first-order valence-corrected chi connectivity index (χ1v) is 11.4. The third kappa shape index (κ3) is 3.62. The van der Waals surface area contributed by atoms with Crippen molar-refractivity contribution in [2.24, 2.45) is 0 Å². The Hall–Kier alpha value is -2.47. The number of aryl methyl sites for hydroxylation is 3. The molecule has 0 unspecified atom stereocenters. The van der Waals surface area contributed by atoms with Crippen LogP contribution >= 0.6 is 11.3 Å². The molecule has 1 N–H and O–H groups in total. The lowest BCUT2D eigenvalue weighted by Crippen LogP contribution is -2.36. The Bertz CT molecular complexity index is 1130. The van der Waals surface area contributed by atoms with Gasteiger partial charge in [0.25, 0.3) is 5.56 Å².